The molecule has 0 saturated carbocycles. The molecule has 0 radical (unpaired) electrons. The third-order valence-electron chi connectivity index (χ3n) is 2.34. The number of carbonyl (C=O) groups excluding carboxylic acids is 1. The van der Waals surface area contributed by atoms with Gasteiger partial charge in [-0.2, -0.15) is 4.99 Å². The lowest BCUT2D eigenvalue weighted by molar-refractivity contribution is -0.130. The average Bonchev–Trinajstić information content (AvgIpc) is 2.40. The number of hydrogen-bond acceptors (Lipinski definition) is 3. The zero-order valence-electron chi connectivity index (χ0n) is 8.33. The summed E-state index contributed by atoms with van der Waals surface area (Å²) in [7, 11) is 0. The van der Waals surface area contributed by atoms with Crippen LogP contribution in [-0.4, -0.2) is 11.9 Å². The van der Waals surface area contributed by atoms with Crippen molar-refractivity contribution in [2.45, 2.75) is 12.5 Å². The smallest absolute Gasteiger partial charge is 0.298 e. The molecule has 84 valence electrons. The Morgan fingerprint density at radius 2 is 1.88 bits per heavy atom. The van der Waals surface area contributed by atoms with Crippen LogP contribution in [0.4, 0.5) is 8.78 Å². The number of amides is 1. The molecule has 4 nitrogen and oxygen atoms in total. The highest BCUT2D eigenvalue weighted by molar-refractivity contribution is 6.01. The number of halogens is 2. The number of benzene rings is 1. The molecule has 1 unspecified atom stereocenters. The summed E-state index contributed by atoms with van der Waals surface area (Å²) >= 11 is 0. The van der Waals surface area contributed by atoms with Crippen molar-refractivity contribution >= 4 is 11.9 Å². The molecular formula is C10H8F2N2O2. The van der Waals surface area contributed by atoms with E-state index in [9.17, 15) is 13.6 Å². The predicted octanol–water partition coefficient (Wildman–Crippen LogP) is 1.05. The molecule has 16 heavy (non-hydrogen) atoms. The van der Waals surface area contributed by atoms with E-state index < -0.39 is 23.1 Å². The Morgan fingerprint density at radius 1 is 1.31 bits per heavy atom. The van der Waals surface area contributed by atoms with Gasteiger partial charge in [0.2, 0.25) is 5.60 Å². The number of carbonyl (C=O) groups is 1. The van der Waals surface area contributed by atoms with E-state index in [0.29, 0.717) is 6.07 Å². The molecule has 1 aromatic rings. The van der Waals surface area contributed by atoms with Crippen LogP contribution in [-0.2, 0) is 15.1 Å². The second-order valence-corrected chi connectivity index (χ2v) is 3.55. The van der Waals surface area contributed by atoms with Gasteiger partial charge in [0.05, 0.1) is 0 Å². The molecule has 2 rings (SSSR count). The van der Waals surface area contributed by atoms with Crippen molar-refractivity contribution in [1.29, 1.82) is 0 Å². The number of nitrogens with zero attached hydrogens (tertiary/aromatic N) is 1. The molecule has 1 atom stereocenters. The van der Waals surface area contributed by atoms with E-state index >= 15 is 0 Å². The normalized spacial score (nSPS) is 24.2. The summed E-state index contributed by atoms with van der Waals surface area (Å²) in [6.45, 7) is 1.35. The fourth-order valence-corrected chi connectivity index (χ4v) is 1.49. The Hall–Kier alpha value is -1.98. The monoisotopic (exact) mass is 226 g/mol. The summed E-state index contributed by atoms with van der Waals surface area (Å²) in [5, 5.41) is 0. The molecule has 0 aromatic heterocycles. The van der Waals surface area contributed by atoms with E-state index in [2.05, 4.69) is 4.99 Å². The second kappa shape index (κ2) is 3.26. The molecular weight excluding hydrogens is 218 g/mol. The lowest BCUT2D eigenvalue weighted by Gasteiger charge is -2.21. The SMILES string of the molecule is CC1(c2cc(F)cc(F)c2)OC(N)=NC1=O. The van der Waals surface area contributed by atoms with Gasteiger partial charge in [0, 0.05) is 11.6 Å². The average molecular weight is 226 g/mol. The molecule has 0 aliphatic carbocycles. The van der Waals surface area contributed by atoms with E-state index in [1.165, 1.54) is 6.92 Å². The van der Waals surface area contributed by atoms with Gasteiger partial charge in [0.15, 0.2) is 0 Å². The van der Waals surface area contributed by atoms with Crippen LogP contribution in [0.5, 0.6) is 0 Å². The maximum atomic E-state index is 13.0. The number of aliphatic imine (C=N–C) groups is 1. The number of rotatable bonds is 1. The summed E-state index contributed by atoms with van der Waals surface area (Å²) in [5.74, 6) is -2.27. The van der Waals surface area contributed by atoms with Crippen molar-refractivity contribution in [2.75, 3.05) is 0 Å². The van der Waals surface area contributed by atoms with Crippen molar-refractivity contribution in [3.8, 4) is 0 Å². The van der Waals surface area contributed by atoms with E-state index in [0.717, 1.165) is 12.1 Å². The van der Waals surface area contributed by atoms with Crippen molar-refractivity contribution in [3.05, 3.63) is 35.4 Å². The van der Waals surface area contributed by atoms with Gasteiger partial charge in [0.1, 0.15) is 11.6 Å². The first-order chi connectivity index (χ1) is 7.41. The standard InChI is InChI=1S/C10H8F2N2O2/c1-10(8(15)14-9(13)16-10)5-2-6(11)4-7(12)3-5/h2-4H,1H3,(H2,13,14,15). The van der Waals surface area contributed by atoms with E-state index in [1.807, 2.05) is 0 Å². The van der Waals surface area contributed by atoms with Crippen LogP contribution in [0.15, 0.2) is 23.2 Å². The molecule has 0 spiro atoms. The Balaban J connectivity index is 2.49. The van der Waals surface area contributed by atoms with Crippen LogP contribution in [0.3, 0.4) is 0 Å². The van der Waals surface area contributed by atoms with Gasteiger partial charge in [0.25, 0.3) is 11.9 Å². The molecule has 0 saturated heterocycles. The Labute approximate surface area is 89.7 Å². The van der Waals surface area contributed by atoms with Gasteiger partial charge in [-0.15, -0.1) is 0 Å². The summed E-state index contributed by atoms with van der Waals surface area (Å²) in [6, 6.07) is 2.41. The Bertz CT molecular complexity index is 481. The van der Waals surface area contributed by atoms with Gasteiger partial charge in [-0.25, -0.2) is 8.78 Å². The molecule has 1 amide bonds. The van der Waals surface area contributed by atoms with Gasteiger partial charge in [-0.05, 0) is 19.1 Å². The minimum atomic E-state index is -1.55. The summed E-state index contributed by atoms with van der Waals surface area (Å²) < 4.78 is 31.0. The summed E-state index contributed by atoms with van der Waals surface area (Å²) in [6.07, 6.45) is 0. The largest absolute Gasteiger partial charge is 0.444 e. The van der Waals surface area contributed by atoms with Crippen molar-refractivity contribution in [1.82, 2.24) is 0 Å². The van der Waals surface area contributed by atoms with E-state index in [1.54, 1.807) is 0 Å². The first kappa shape index (κ1) is 10.5. The van der Waals surface area contributed by atoms with E-state index in [4.69, 9.17) is 10.5 Å². The highest BCUT2D eigenvalue weighted by atomic mass is 19.1. The van der Waals surface area contributed by atoms with Crippen LogP contribution in [0.25, 0.3) is 0 Å². The fourth-order valence-electron chi connectivity index (χ4n) is 1.49. The minimum absolute atomic E-state index is 0.0409. The van der Waals surface area contributed by atoms with Crippen molar-refractivity contribution < 1.29 is 18.3 Å². The lowest BCUT2D eigenvalue weighted by atomic mass is 9.95. The number of hydrogen-bond donors (Lipinski definition) is 1. The lowest BCUT2D eigenvalue weighted by Crippen LogP contribution is -2.32. The highest BCUT2D eigenvalue weighted by Gasteiger charge is 2.43. The number of ether oxygens (including phenoxy) is 1. The first-order valence-electron chi connectivity index (χ1n) is 4.46. The van der Waals surface area contributed by atoms with Gasteiger partial charge in [-0.3, -0.25) is 4.79 Å². The van der Waals surface area contributed by atoms with Gasteiger partial charge >= 0.3 is 0 Å². The van der Waals surface area contributed by atoms with Crippen molar-refractivity contribution in [3.63, 3.8) is 0 Å². The molecule has 0 fully saturated rings. The molecule has 6 heteroatoms. The first-order valence-corrected chi connectivity index (χ1v) is 4.46. The third kappa shape index (κ3) is 1.52. The number of amidine groups is 1. The van der Waals surface area contributed by atoms with Crippen LogP contribution in [0, 0.1) is 11.6 Å². The van der Waals surface area contributed by atoms with Crippen LogP contribution >= 0.6 is 0 Å². The summed E-state index contributed by atoms with van der Waals surface area (Å²) in [5.41, 5.74) is 3.73. The molecule has 1 aliphatic rings. The Morgan fingerprint density at radius 3 is 2.31 bits per heavy atom. The fraction of sp³-hybridized carbons (Fsp3) is 0.200. The van der Waals surface area contributed by atoms with Gasteiger partial charge in [-0.1, -0.05) is 0 Å². The van der Waals surface area contributed by atoms with Crippen LogP contribution in [0.1, 0.15) is 12.5 Å². The zero-order chi connectivity index (χ0) is 11.9. The van der Waals surface area contributed by atoms with Crippen LogP contribution < -0.4 is 5.73 Å². The second-order valence-electron chi connectivity index (χ2n) is 3.55. The van der Waals surface area contributed by atoms with Crippen molar-refractivity contribution in [2.24, 2.45) is 10.7 Å². The minimum Gasteiger partial charge on any atom is -0.444 e. The molecule has 1 heterocycles. The Kier molecular flexibility index (Phi) is 2.15. The summed E-state index contributed by atoms with van der Waals surface area (Å²) in [4.78, 5) is 14.9. The van der Waals surface area contributed by atoms with E-state index in [-0.39, 0.29) is 11.6 Å². The number of nitrogens with two attached hydrogens (primary N) is 1. The zero-order valence-corrected chi connectivity index (χ0v) is 8.33. The maximum Gasteiger partial charge on any atom is 0.298 e. The maximum absolute atomic E-state index is 13.0. The molecule has 1 aliphatic heterocycles. The van der Waals surface area contributed by atoms with Crippen LogP contribution in [0.2, 0.25) is 0 Å². The molecule has 0 bridgehead atoms. The topological polar surface area (TPSA) is 64.7 Å². The quantitative estimate of drug-likeness (QED) is 0.778. The molecule has 1 aromatic carbocycles. The van der Waals surface area contributed by atoms with Gasteiger partial charge < -0.3 is 10.5 Å². The predicted molar refractivity (Wildman–Crippen MR) is 51.4 cm³/mol. The third-order valence-corrected chi connectivity index (χ3v) is 2.34. The molecule has 2 N–H and O–H groups in total. The highest BCUT2D eigenvalue weighted by Crippen LogP contribution is 2.31.